The summed E-state index contributed by atoms with van der Waals surface area (Å²) < 4.78 is 6.06. The highest BCUT2D eigenvalue weighted by molar-refractivity contribution is 9.10. The van der Waals surface area contributed by atoms with Gasteiger partial charge in [-0.25, -0.2) is 0 Å². The van der Waals surface area contributed by atoms with Crippen molar-refractivity contribution in [2.45, 2.75) is 0 Å². The van der Waals surface area contributed by atoms with Gasteiger partial charge in [-0.05, 0) is 18.2 Å². The molecule has 0 aromatic heterocycles. The Morgan fingerprint density at radius 2 is 2.33 bits per heavy atom. The van der Waals surface area contributed by atoms with Crippen LogP contribution in [0, 0.1) is 0 Å². The monoisotopic (exact) mass is 228 g/mol. The summed E-state index contributed by atoms with van der Waals surface area (Å²) in [5.41, 5.74) is 0.856. The van der Waals surface area contributed by atoms with E-state index in [1.165, 1.54) is 0 Å². The maximum absolute atomic E-state index is 5.09. The minimum absolute atomic E-state index is 0.757. The van der Waals surface area contributed by atoms with Crippen LogP contribution in [0.4, 0.5) is 0 Å². The van der Waals surface area contributed by atoms with Crippen LogP contribution < -0.4 is 10.6 Å². The topological polar surface area (TPSA) is 47.6 Å². The lowest BCUT2D eigenvalue weighted by Gasteiger charge is -2.03. The third-order valence-electron chi connectivity index (χ3n) is 1.41. The van der Waals surface area contributed by atoms with Crippen molar-refractivity contribution in [3.63, 3.8) is 0 Å². The number of hydrogen-bond donors (Lipinski definition) is 1. The van der Waals surface area contributed by atoms with Gasteiger partial charge in [0.05, 0.1) is 13.3 Å². The van der Waals surface area contributed by atoms with E-state index in [9.17, 15) is 0 Å². The second-order valence-corrected chi connectivity index (χ2v) is 3.08. The molecule has 3 nitrogen and oxygen atoms in total. The van der Waals surface area contributed by atoms with Crippen molar-refractivity contribution in [3.05, 3.63) is 28.2 Å². The number of ether oxygens (including phenoxy) is 1. The van der Waals surface area contributed by atoms with E-state index in [4.69, 9.17) is 10.6 Å². The molecule has 0 bridgehead atoms. The van der Waals surface area contributed by atoms with Crippen LogP contribution >= 0.6 is 15.9 Å². The van der Waals surface area contributed by atoms with Crippen molar-refractivity contribution in [1.82, 2.24) is 0 Å². The van der Waals surface area contributed by atoms with Crippen LogP contribution in [0.1, 0.15) is 5.56 Å². The van der Waals surface area contributed by atoms with Gasteiger partial charge in [0.2, 0.25) is 0 Å². The second kappa shape index (κ2) is 4.11. The van der Waals surface area contributed by atoms with Crippen LogP contribution in [0.2, 0.25) is 0 Å². The van der Waals surface area contributed by atoms with Gasteiger partial charge < -0.3 is 10.6 Å². The van der Waals surface area contributed by atoms with E-state index in [-0.39, 0.29) is 0 Å². The summed E-state index contributed by atoms with van der Waals surface area (Å²) in [6, 6.07) is 5.63. The predicted molar refractivity (Wildman–Crippen MR) is 52.5 cm³/mol. The van der Waals surface area contributed by atoms with E-state index >= 15 is 0 Å². The Morgan fingerprint density at radius 1 is 1.58 bits per heavy atom. The number of halogens is 1. The number of hydrazone groups is 1. The molecule has 0 radical (unpaired) electrons. The molecule has 0 spiro atoms. The highest BCUT2D eigenvalue weighted by atomic mass is 79.9. The van der Waals surface area contributed by atoms with Crippen LogP contribution in [0.5, 0.6) is 5.75 Å². The molecule has 0 fully saturated rings. The zero-order valence-electron chi connectivity index (χ0n) is 6.62. The van der Waals surface area contributed by atoms with Gasteiger partial charge in [0.25, 0.3) is 0 Å². The van der Waals surface area contributed by atoms with Gasteiger partial charge in [0.15, 0.2) is 0 Å². The summed E-state index contributed by atoms with van der Waals surface area (Å²) in [6.45, 7) is 0. The summed E-state index contributed by atoms with van der Waals surface area (Å²) >= 11 is 3.34. The fourth-order valence-corrected chi connectivity index (χ4v) is 1.27. The third kappa shape index (κ3) is 1.98. The van der Waals surface area contributed by atoms with Crippen LogP contribution in [0.25, 0.3) is 0 Å². The van der Waals surface area contributed by atoms with Gasteiger partial charge in [0.1, 0.15) is 5.75 Å². The minimum atomic E-state index is 0.757. The molecule has 4 heteroatoms. The maximum atomic E-state index is 5.09. The van der Waals surface area contributed by atoms with Crippen molar-refractivity contribution in [3.8, 4) is 5.75 Å². The molecule has 2 N–H and O–H groups in total. The van der Waals surface area contributed by atoms with E-state index < -0.39 is 0 Å². The van der Waals surface area contributed by atoms with E-state index in [2.05, 4.69) is 21.0 Å². The zero-order valence-corrected chi connectivity index (χ0v) is 8.21. The van der Waals surface area contributed by atoms with Gasteiger partial charge in [-0.15, -0.1) is 0 Å². The Balaban J connectivity index is 3.12. The number of nitrogens with zero attached hydrogens (tertiary/aromatic N) is 1. The molecule has 0 heterocycles. The third-order valence-corrected chi connectivity index (χ3v) is 1.90. The molecular weight excluding hydrogens is 220 g/mol. The lowest BCUT2D eigenvalue weighted by Crippen LogP contribution is -1.92. The number of rotatable bonds is 2. The first-order valence-corrected chi connectivity index (χ1v) is 4.14. The van der Waals surface area contributed by atoms with Crippen molar-refractivity contribution < 1.29 is 4.74 Å². The van der Waals surface area contributed by atoms with E-state index in [1.807, 2.05) is 18.2 Å². The normalized spacial score (nSPS) is 10.5. The highest BCUT2D eigenvalue weighted by Crippen LogP contribution is 2.20. The molecule has 12 heavy (non-hydrogen) atoms. The molecule has 0 aliphatic carbocycles. The molecule has 0 saturated carbocycles. The van der Waals surface area contributed by atoms with Gasteiger partial charge >= 0.3 is 0 Å². The Hall–Kier alpha value is -1.03. The molecule has 0 atom stereocenters. The second-order valence-electron chi connectivity index (χ2n) is 2.16. The lowest BCUT2D eigenvalue weighted by atomic mass is 10.2. The van der Waals surface area contributed by atoms with Gasteiger partial charge in [-0.1, -0.05) is 15.9 Å². The van der Waals surface area contributed by atoms with Crippen molar-refractivity contribution in [1.29, 1.82) is 0 Å². The average molecular weight is 229 g/mol. The average Bonchev–Trinajstić information content (AvgIpc) is 2.05. The largest absolute Gasteiger partial charge is 0.496 e. The van der Waals surface area contributed by atoms with Crippen LogP contribution in [-0.4, -0.2) is 13.3 Å². The number of methoxy groups -OCH3 is 1. The van der Waals surface area contributed by atoms with Gasteiger partial charge in [-0.3, -0.25) is 0 Å². The standard InChI is InChI=1S/C8H9BrN2O/c1-12-8-3-2-7(9)4-6(8)5-11-10/h2-5H,10H2,1H3. The molecule has 0 saturated heterocycles. The van der Waals surface area contributed by atoms with E-state index in [0.29, 0.717) is 0 Å². The summed E-state index contributed by atoms with van der Waals surface area (Å²) in [7, 11) is 1.61. The molecular formula is C8H9BrN2O. The van der Waals surface area contributed by atoms with Crippen LogP contribution in [0.3, 0.4) is 0 Å². The smallest absolute Gasteiger partial charge is 0.127 e. The Kier molecular flexibility index (Phi) is 3.10. The van der Waals surface area contributed by atoms with E-state index in [0.717, 1.165) is 15.8 Å². The van der Waals surface area contributed by atoms with E-state index in [1.54, 1.807) is 13.3 Å². The molecule has 64 valence electrons. The van der Waals surface area contributed by atoms with Crippen molar-refractivity contribution in [2.75, 3.05) is 7.11 Å². The molecule has 1 rings (SSSR count). The summed E-state index contributed by atoms with van der Waals surface area (Å²) in [6.07, 6.45) is 1.55. The molecule has 0 aliphatic rings. The molecule has 1 aromatic rings. The first-order chi connectivity index (χ1) is 5.77. The summed E-state index contributed by atoms with van der Waals surface area (Å²) in [5.74, 6) is 5.79. The quantitative estimate of drug-likeness (QED) is 0.477. The lowest BCUT2D eigenvalue weighted by molar-refractivity contribution is 0.414. The van der Waals surface area contributed by atoms with Crippen molar-refractivity contribution in [2.24, 2.45) is 10.9 Å². The Bertz CT molecular complexity index is 299. The Morgan fingerprint density at radius 3 is 2.92 bits per heavy atom. The molecule has 0 amide bonds. The molecule has 0 aliphatic heterocycles. The van der Waals surface area contributed by atoms with Gasteiger partial charge in [-0.2, -0.15) is 5.10 Å². The number of benzene rings is 1. The predicted octanol–water partition coefficient (Wildman–Crippen LogP) is 1.75. The first-order valence-electron chi connectivity index (χ1n) is 3.34. The fraction of sp³-hybridized carbons (Fsp3) is 0.125. The Labute approximate surface area is 79.3 Å². The summed E-state index contributed by atoms with van der Waals surface area (Å²) in [5, 5.41) is 3.43. The fourth-order valence-electron chi connectivity index (χ4n) is 0.886. The summed E-state index contributed by atoms with van der Waals surface area (Å²) in [4.78, 5) is 0. The van der Waals surface area contributed by atoms with Crippen LogP contribution in [-0.2, 0) is 0 Å². The minimum Gasteiger partial charge on any atom is -0.496 e. The highest BCUT2D eigenvalue weighted by Gasteiger charge is 1.99. The maximum Gasteiger partial charge on any atom is 0.127 e. The SMILES string of the molecule is COc1ccc(Br)cc1C=NN. The zero-order chi connectivity index (χ0) is 8.97. The van der Waals surface area contributed by atoms with Gasteiger partial charge in [0, 0.05) is 10.0 Å². The number of hydrogen-bond acceptors (Lipinski definition) is 3. The molecule has 1 aromatic carbocycles. The first kappa shape index (κ1) is 9.06. The van der Waals surface area contributed by atoms with Crippen LogP contribution in [0.15, 0.2) is 27.8 Å². The van der Waals surface area contributed by atoms with Crippen molar-refractivity contribution >= 4 is 22.1 Å². The molecule has 0 unspecified atom stereocenters. The number of nitrogens with two attached hydrogens (primary N) is 1.